The topological polar surface area (TPSA) is 73.1 Å². The third kappa shape index (κ3) is 4.48. The van der Waals surface area contributed by atoms with Crippen LogP contribution in [0.1, 0.15) is 11.1 Å². The van der Waals surface area contributed by atoms with Crippen LogP contribution in [-0.4, -0.2) is 15.0 Å². The zero-order chi connectivity index (χ0) is 21.8. The van der Waals surface area contributed by atoms with E-state index in [0.29, 0.717) is 23.0 Å². The van der Waals surface area contributed by atoms with E-state index in [9.17, 15) is 14.4 Å². The van der Waals surface area contributed by atoms with Crippen molar-refractivity contribution in [2.45, 2.75) is 26.4 Å². The number of rotatable bonds is 6. The Labute approximate surface area is 179 Å². The lowest BCUT2D eigenvalue weighted by molar-refractivity contribution is -0.116. The van der Waals surface area contributed by atoms with Crippen molar-refractivity contribution in [3.8, 4) is 0 Å². The van der Waals surface area contributed by atoms with Crippen LogP contribution in [0.5, 0.6) is 0 Å². The number of carbonyl (C=O) groups excluding carboxylic acids is 1. The van der Waals surface area contributed by atoms with E-state index < -0.39 is 5.69 Å². The number of anilines is 1. The number of nitrogens with zero attached hydrogens (tertiary/aromatic N) is 2. The molecule has 0 aliphatic carbocycles. The van der Waals surface area contributed by atoms with Gasteiger partial charge in [-0.2, -0.15) is 0 Å². The highest BCUT2D eigenvalue weighted by Gasteiger charge is 2.15. The molecule has 0 fully saturated rings. The van der Waals surface area contributed by atoms with Gasteiger partial charge in [0.15, 0.2) is 0 Å². The molecule has 0 aliphatic heterocycles. The second kappa shape index (κ2) is 8.83. The van der Waals surface area contributed by atoms with E-state index in [0.717, 1.165) is 11.1 Å². The lowest BCUT2D eigenvalue weighted by Crippen LogP contribution is -2.42. The molecule has 1 N–H and O–H groups in total. The van der Waals surface area contributed by atoms with Crippen molar-refractivity contribution in [1.82, 2.24) is 9.13 Å². The number of hydrogen-bond donors (Lipinski definition) is 1. The van der Waals surface area contributed by atoms with E-state index >= 15 is 0 Å². The fraction of sp³-hybridized carbons (Fsp3) is 0.160. The van der Waals surface area contributed by atoms with Crippen LogP contribution in [0, 0.1) is 6.92 Å². The highest BCUT2D eigenvalue weighted by atomic mass is 16.2. The molecule has 0 unspecified atom stereocenters. The maximum atomic E-state index is 13.2. The summed E-state index contributed by atoms with van der Waals surface area (Å²) in [5.41, 5.74) is 2.45. The number of aryl methyl sites for hydroxylation is 2. The van der Waals surface area contributed by atoms with Gasteiger partial charge >= 0.3 is 5.69 Å². The van der Waals surface area contributed by atoms with Crippen molar-refractivity contribution in [3.05, 3.63) is 111 Å². The van der Waals surface area contributed by atoms with Crippen LogP contribution in [0.3, 0.4) is 0 Å². The molecular formula is C25H23N3O3. The van der Waals surface area contributed by atoms with Crippen molar-refractivity contribution < 1.29 is 4.79 Å². The highest BCUT2D eigenvalue weighted by Crippen LogP contribution is 2.10. The van der Waals surface area contributed by atoms with Crippen LogP contribution in [-0.2, 0) is 24.3 Å². The minimum absolute atomic E-state index is 0.182. The fourth-order valence-corrected chi connectivity index (χ4v) is 3.70. The van der Waals surface area contributed by atoms with Crippen molar-refractivity contribution in [2.24, 2.45) is 0 Å². The van der Waals surface area contributed by atoms with Gasteiger partial charge in [0.25, 0.3) is 5.56 Å². The van der Waals surface area contributed by atoms with Gasteiger partial charge in [0.2, 0.25) is 5.91 Å². The Morgan fingerprint density at radius 3 is 2.39 bits per heavy atom. The monoisotopic (exact) mass is 413 g/mol. The molecule has 4 rings (SSSR count). The van der Waals surface area contributed by atoms with Crippen molar-refractivity contribution in [1.29, 1.82) is 0 Å². The molecule has 6 nitrogen and oxygen atoms in total. The van der Waals surface area contributed by atoms with Crippen LogP contribution >= 0.6 is 0 Å². The molecule has 0 bridgehead atoms. The van der Waals surface area contributed by atoms with Gasteiger partial charge in [-0.1, -0.05) is 60.2 Å². The molecule has 1 heterocycles. The Balaban J connectivity index is 1.69. The molecule has 3 aromatic carbocycles. The molecule has 0 spiro atoms. The largest absolute Gasteiger partial charge is 0.331 e. The van der Waals surface area contributed by atoms with E-state index in [1.165, 1.54) is 9.13 Å². The van der Waals surface area contributed by atoms with Crippen LogP contribution in [0.15, 0.2) is 88.5 Å². The third-order valence-electron chi connectivity index (χ3n) is 5.20. The first-order valence-corrected chi connectivity index (χ1v) is 10.2. The van der Waals surface area contributed by atoms with Crippen LogP contribution in [0.4, 0.5) is 5.69 Å². The average Bonchev–Trinajstić information content (AvgIpc) is 2.77. The Hall–Kier alpha value is -3.93. The van der Waals surface area contributed by atoms with Gasteiger partial charge in [0, 0.05) is 12.2 Å². The first kappa shape index (κ1) is 20.3. The van der Waals surface area contributed by atoms with Crippen LogP contribution in [0.25, 0.3) is 10.9 Å². The predicted molar refractivity (Wildman–Crippen MR) is 122 cm³/mol. The summed E-state index contributed by atoms with van der Waals surface area (Å²) in [5.74, 6) is -0.331. The second-order valence-corrected chi connectivity index (χ2v) is 7.50. The van der Waals surface area contributed by atoms with Gasteiger partial charge in [-0.05, 0) is 43.2 Å². The molecule has 0 saturated heterocycles. The van der Waals surface area contributed by atoms with Crippen LogP contribution in [0.2, 0.25) is 0 Å². The van der Waals surface area contributed by atoms with Gasteiger partial charge in [0.1, 0.15) is 6.54 Å². The molecule has 0 aliphatic rings. The van der Waals surface area contributed by atoms with Gasteiger partial charge in [-0.15, -0.1) is 0 Å². The predicted octanol–water partition coefficient (Wildman–Crippen LogP) is 3.35. The van der Waals surface area contributed by atoms with E-state index in [-0.39, 0.29) is 24.6 Å². The van der Waals surface area contributed by atoms with Gasteiger partial charge < -0.3 is 5.32 Å². The standard InChI is InChI=1S/C25H23N3O3/c1-18-8-7-9-19(16-18)14-15-27-24(30)21-12-5-6-13-22(21)28(25(27)31)17-23(29)26-20-10-3-2-4-11-20/h2-13,16H,14-15,17H2,1H3,(H,26,29). The number of amides is 1. The lowest BCUT2D eigenvalue weighted by Gasteiger charge is -2.14. The first-order valence-electron chi connectivity index (χ1n) is 10.2. The zero-order valence-corrected chi connectivity index (χ0v) is 17.2. The molecule has 1 amide bonds. The normalized spacial score (nSPS) is 10.9. The molecule has 156 valence electrons. The summed E-state index contributed by atoms with van der Waals surface area (Å²) in [6.45, 7) is 2.06. The maximum Gasteiger partial charge on any atom is 0.331 e. The van der Waals surface area contributed by atoms with E-state index in [4.69, 9.17) is 0 Å². The first-order chi connectivity index (χ1) is 15.0. The second-order valence-electron chi connectivity index (χ2n) is 7.50. The number of para-hydroxylation sites is 2. The average molecular weight is 413 g/mol. The summed E-state index contributed by atoms with van der Waals surface area (Å²) >= 11 is 0. The number of nitrogens with one attached hydrogen (secondary N) is 1. The fourth-order valence-electron chi connectivity index (χ4n) is 3.70. The summed E-state index contributed by atoms with van der Waals surface area (Å²) in [7, 11) is 0. The summed E-state index contributed by atoms with van der Waals surface area (Å²) in [4.78, 5) is 38.9. The molecule has 0 saturated carbocycles. The van der Waals surface area contributed by atoms with Crippen molar-refractivity contribution in [3.63, 3.8) is 0 Å². The molecule has 31 heavy (non-hydrogen) atoms. The Morgan fingerprint density at radius 2 is 1.61 bits per heavy atom. The van der Waals surface area contributed by atoms with E-state index in [1.807, 2.05) is 49.4 Å². The number of carbonyl (C=O) groups is 1. The summed E-state index contributed by atoms with van der Waals surface area (Å²) < 4.78 is 2.59. The molecule has 6 heteroatoms. The van der Waals surface area contributed by atoms with Gasteiger partial charge in [-0.25, -0.2) is 4.79 Å². The van der Waals surface area contributed by atoms with E-state index in [1.54, 1.807) is 36.4 Å². The molecule has 4 aromatic rings. The molecule has 0 radical (unpaired) electrons. The van der Waals surface area contributed by atoms with Gasteiger partial charge in [-0.3, -0.25) is 18.7 Å². The summed E-state index contributed by atoms with van der Waals surface area (Å²) in [5, 5.41) is 3.21. The number of hydrogen-bond acceptors (Lipinski definition) is 3. The summed E-state index contributed by atoms with van der Waals surface area (Å²) in [6, 6.07) is 23.9. The smallest absolute Gasteiger partial charge is 0.325 e. The third-order valence-corrected chi connectivity index (χ3v) is 5.20. The SMILES string of the molecule is Cc1cccc(CCn2c(=O)c3ccccc3n(CC(=O)Nc3ccccc3)c2=O)c1. The highest BCUT2D eigenvalue weighted by molar-refractivity contribution is 5.91. The van der Waals surface area contributed by atoms with E-state index in [2.05, 4.69) is 5.32 Å². The Morgan fingerprint density at radius 1 is 0.871 bits per heavy atom. The number of benzene rings is 3. The quantitative estimate of drug-likeness (QED) is 0.527. The minimum atomic E-state index is -0.487. The maximum absolute atomic E-state index is 13.2. The lowest BCUT2D eigenvalue weighted by atomic mass is 10.1. The molecular weight excluding hydrogens is 390 g/mol. The Bertz CT molecular complexity index is 1350. The van der Waals surface area contributed by atoms with Crippen molar-refractivity contribution >= 4 is 22.5 Å². The van der Waals surface area contributed by atoms with Crippen LogP contribution < -0.4 is 16.6 Å². The summed E-state index contributed by atoms with van der Waals surface area (Å²) in [6.07, 6.45) is 0.547. The Kier molecular flexibility index (Phi) is 5.80. The van der Waals surface area contributed by atoms with Gasteiger partial charge in [0.05, 0.1) is 10.9 Å². The molecule has 1 aromatic heterocycles. The number of fused-ring (bicyclic) bond motifs is 1. The minimum Gasteiger partial charge on any atom is -0.325 e. The zero-order valence-electron chi connectivity index (χ0n) is 17.2. The number of aromatic nitrogens is 2. The molecule has 0 atom stereocenters. The van der Waals surface area contributed by atoms with Crippen molar-refractivity contribution in [2.75, 3.05) is 5.32 Å².